The van der Waals surface area contributed by atoms with Gasteiger partial charge in [-0.1, -0.05) is 24.8 Å². The van der Waals surface area contributed by atoms with E-state index in [-0.39, 0.29) is 12.1 Å². The van der Waals surface area contributed by atoms with E-state index in [1.54, 1.807) is 0 Å². The Morgan fingerprint density at radius 1 is 1.07 bits per heavy atom. The van der Waals surface area contributed by atoms with E-state index >= 15 is 0 Å². The summed E-state index contributed by atoms with van der Waals surface area (Å²) in [7, 11) is 4.14. The normalized spacial score (nSPS) is 22.8. The van der Waals surface area contributed by atoms with Gasteiger partial charge in [-0.3, -0.25) is 9.98 Å². The maximum atomic E-state index is 5.15. The highest BCUT2D eigenvalue weighted by Gasteiger charge is 2.46. The number of benzene rings is 1. The van der Waals surface area contributed by atoms with Crippen molar-refractivity contribution >= 4 is 22.6 Å². The van der Waals surface area contributed by atoms with Gasteiger partial charge in [0.05, 0.1) is 5.69 Å². The molecule has 0 saturated carbocycles. The molecule has 0 aliphatic carbocycles. The van der Waals surface area contributed by atoms with Crippen LogP contribution < -0.4 is 4.90 Å². The molecule has 1 aromatic carbocycles. The summed E-state index contributed by atoms with van der Waals surface area (Å²) >= 11 is 1.89. The van der Waals surface area contributed by atoms with Crippen LogP contribution >= 0.6 is 11.8 Å². The van der Waals surface area contributed by atoms with Crippen molar-refractivity contribution in [3.63, 3.8) is 0 Å². The fourth-order valence-corrected chi connectivity index (χ4v) is 5.79. The van der Waals surface area contributed by atoms with Crippen molar-refractivity contribution in [2.45, 2.75) is 31.5 Å². The number of anilines is 1. The lowest BCUT2D eigenvalue weighted by atomic mass is 9.99. The highest BCUT2D eigenvalue weighted by molar-refractivity contribution is 8.14. The van der Waals surface area contributed by atoms with Crippen LogP contribution in [0.25, 0.3) is 5.69 Å². The van der Waals surface area contributed by atoms with Crippen LogP contribution in [0, 0.1) is 0 Å². The molecule has 154 valence electrons. The predicted molar refractivity (Wildman–Crippen MR) is 126 cm³/mol. The topological polar surface area (TPSA) is 36.7 Å². The second-order valence-electron chi connectivity index (χ2n) is 8.05. The van der Waals surface area contributed by atoms with E-state index < -0.39 is 0 Å². The van der Waals surface area contributed by atoms with Gasteiger partial charge in [0, 0.05) is 55.4 Å². The molecule has 2 aromatic heterocycles. The minimum atomic E-state index is 0.0118. The lowest BCUT2D eigenvalue weighted by molar-refractivity contribution is 0.249. The Morgan fingerprint density at radius 3 is 2.60 bits per heavy atom. The van der Waals surface area contributed by atoms with Gasteiger partial charge in [-0.25, -0.2) is 0 Å². The van der Waals surface area contributed by atoms with Gasteiger partial charge in [-0.15, -0.1) is 0 Å². The number of hydrogen-bond donors (Lipinski definition) is 0. The van der Waals surface area contributed by atoms with Crippen LogP contribution in [0.5, 0.6) is 0 Å². The molecule has 5 rings (SSSR count). The average Bonchev–Trinajstić information content (AvgIpc) is 3.49. The van der Waals surface area contributed by atoms with Gasteiger partial charge in [0.15, 0.2) is 5.17 Å². The molecule has 3 atom stereocenters. The zero-order chi connectivity index (χ0) is 20.7. The molecule has 2 aliphatic rings. The Kier molecular flexibility index (Phi) is 5.03. The van der Waals surface area contributed by atoms with Gasteiger partial charge in [0.1, 0.15) is 12.1 Å². The van der Waals surface area contributed by atoms with Crippen molar-refractivity contribution in [2.24, 2.45) is 4.99 Å². The van der Waals surface area contributed by atoms with Crippen LogP contribution in [0.2, 0.25) is 0 Å². The van der Waals surface area contributed by atoms with Gasteiger partial charge in [0.2, 0.25) is 0 Å². The third kappa shape index (κ3) is 3.19. The van der Waals surface area contributed by atoms with Crippen molar-refractivity contribution in [1.82, 2.24) is 14.5 Å². The molecule has 0 bridgehead atoms. The molecule has 0 unspecified atom stereocenters. The fourth-order valence-electron chi connectivity index (χ4n) is 4.45. The number of nitrogens with zero attached hydrogens (tertiary/aromatic N) is 5. The number of hydrogen-bond acceptors (Lipinski definition) is 5. The predicted octanol–water partition coefficient (Wildman–Crippen LogP) is 4.92. The quantitative estimate of drug-likeness (QED) is 0.591. The number of pyridine rings is 1. The van der Waals surface area contributed by atoms with Crippen LogP contribution in [0.1, 0.15) is 36.8 Å². The highest BCUT2D eigenvalue weighted by Crippen LogP contribution is 2.48. The Bertz CT molecular complexity index is 1040. The van der Waals surface area contributed by atoms with Crippen molar-refractivity contribution in [1.29, 1.82) is 0 Å². The fraction of sp³-hybridized carbons (Fsp3) is 0.333. The first kappa shape index (κ1) is 19.2. The Hall–Kier alpha value is -2.73. The van der Waals surface area contributed by atoms with Gasteiger partial charge in [-0.05, 0) is 55.0 Å². The van der Waals surface area contributed by atoms with Gasteiger partial charge in [-0.2, -0.15) is 0 Å². The number of thioether (sulfide) groups is 1. The van der Waals surface area contributed by atoms with E-state index in [4.69, 9.17) is 4.99 Å². The van der Waals surface area contributed by atoms with Crippen molar-refractivity contribution in [3.05, 3.63) is 78.4 Å². The van der Waals surface area contributed by atoms with E-state index in [1.807, 2.05) is 24.0 Å². The lowest BCUT2D eigenvalue weighted by Crippen LogP contribution is -2.36. The monoisotopic (exact) mass is 417 g/mol. The summed E-state index contributed by atoms with van der Waals surface area (Å²) in [6.07, 6.45) is 5.16. The van der Waals surface area contributed by atoms with Crippen LogP contribution in [-0.2, 0) is 0 Å². The maximum absolute atomic E-state index is 5.15. The van der Waals surface area contributed by atoms with Crippen LogP contribution in [0.3, 0.4) is 0 Å². The number of fused-ring (bicyclic) bond motifs is 1. The molecule has 2 aliphatic heterocycles. The molecular formula is C24H27N5S. The summed E-state index contributed by atoms with van der Waals surface area (Å²) in [6, 6.07) is 19.9. The largest absolute Gasteiger partial charge is 0.378 e. The summed E-state index contributed by atoms with van der Waals surface area (Å²) in [5.41, 5.74) is 4.68. The maximum Gasteiger partial charge on any atom is 0.160 e. The molecule has 1 saturated heterocycles. The first-order valence-corrected chi connectivity index (χ1v) is 11.5. The second-order valence-corrected chi connectivity index (χ2v) is 9.04. The van der Waals surface area contributed by atoms with Gasteiger partial charge >= 0.3 is 0 Å². The van der Waals surface area contributed by atoms with Crippen molar-refractivity contribution < 1.29 is 0 Å². The zero-order valence-corrected chi connectivity index (χ0v) is 18.5. The van der Waals surface area contributed by atoms with E-state index in [0.29, 0.717) is 6.04 Å². The van der Waals surface area contributed by atoms with E-state index in [9.17, 15) is 0 Å². The molecule has 30 heavy (non-hydrogen) atoms. The van der Waals surface area contributed by atoms with Crippen molar-refractivity contribution in [2.75, 3.05) is 24.7 Å². The summed E-state index contributed by atoms with van der Waals surface area (Å²) in [6.45, 7) is 2.28. The molecule has 4 heterocycles. The summed E-state index contributed by atoms with van der Waals surface area (Å²) < 4.78 is 2.31. The molecule has 3 aromatic rings. The average molecular weight is 418 g/mol. The lowest BCUT2D eigenvalue weighted by Gasteiger charge is -2.32. The number of aliphatic imine (C=N–C) groups is 1. The number of aromatic nitrogens is 2. The Labute approximate surface area is 182 Å². The van der Waals surface area contributed by atoms with Crippen LogP contribution in [-0.4, -0.2) is 45.5 Å². The molecule has 0 spiro atoms. The summed E-state index contributed by atoms with van der Waals surface area (Å²) in [4.78, 5) is 14.5. The Morgan fingerprint density at radius 2 is 1.90 bits per heavy atom. The van der Waals surface area contributed by atoms with Crippen molar-refractivity contribution in [3.8, 4) is 5.69 Å². The highest BCUT2D eigenvalue weighted by atomic mass is 32.2. The molecule has 1 fully saturated rings. The first-order chi connectivity index (χ1) is 14.7. The zero-order valence-electron chi connectivity index (χ0n) is 17.6. The van der Waals surface area contributed by atoms with Gasteiger partial charge < -0.3 is 14.4 Å². The van der Waals surface area contributed by atoms with E-state index in [0.717, 1.165) is 17.9 Å². The summed E-state index contributed by atoms with van der Waals surface area (Å²) in [5.74, 6) is 1.11. The van der Waals surface area contributed by atoms with Crippen LogP contribution in [0.15, 0.2) is 72.0 Å². The molecule has 0 N–H and O–H groups in total. The number of amidine groups is 1. The molecule has 0 amide bonds. The third-order valence-corrected chi connectivity index (χ3v) is 7.18. The van der Waals surface area contributed by atoms with Gasteiger partial charge in [0.25, 0.3) is 0 Å². The molecule has 0 radical (unpaired) electrons. The minimum Gasteiger partial charge on any atom is -0.378 e. The third-order valence-electron chi connectivity index (χ3n) is 6.06. The van der Waals surface area contributed by atoms with Crippen LogP contribution in [0.4, 0.5) is 5.69 Å². The molecule has 5 nitrogen and oxygen atoms in total. The standard InChI is InChI=1S/C24H27N5S/c1-4-17-16-30-24-26-22(20-8-5-6-14-25-20)23(29(17)24)21-9-7-15-28(21)19-12-10-18(11-13-19)27(2)3/h5-15,17,22-23H,4,16H2,1-3H3/t17-,22+,23-/m1/s1. The Balaban J connectivity index is 1.58. The summed E-state index contributed by atoms with van der Waals surface area (Å²) in [5, 5.41) is 1.17. The smallest absolute Gasteiger partial charge is 0.160 e. The second kappa shape index (κ2) is 7.84. The van der Waals surface area contributed by atoms with E-state index in [2.05, 4.69) is 95.1 Å². The van der Waals surface area contributed by atoms with E-state index in [1.165, 1.54) is 22.2 Å². The molecule has 6 heteroatoms. The number of rotatable bonds is 5. The first-order valence-electron chi connectivity index (χ1n) is 10.5. The SMILES string of the molecule is CC[C@@H]1CSC2=N[C@@H](c3ccccn3)[C@@H](c3cccn3-c3ccc(N(C)C)cc3)N21. The minimum absolute atomic E-state index is 0.0118. The molecular weight excluding hydrogens is 390 g/mol.